The van der Waals surface area contributed by atoms with Crippen molar-refractivity contribution < 1.29 is 0 Å². The van der Waals surface area contributed by atoms with Gasteiger partial charge >= 0.3 is 0 Å². The molecule has 0 aliphatic heterocycles. The minimum Gasteiger partial charge on any atom is -0.269 e. The maximum Gasteiger partial charge on any atom is 0.158 e. The van der Waals surface area contributed by atoms with Crippen molar-refractivity contribution in [3.05, 3.63) is 11.9 Å². The van der Waals surface area contributed by atoms with Crippen molar-refractivity contribution in [2.45, 2.75) is 0 Å². The fraction of sp³-hybridized carbons (Fsp3) is 0. The molecule has 40 valence electrons. The van der Waals surface area contributed by atoms with Gasteiger partial charge in [-0.25, -0.2) is 0 Å². The summed E-state index contributed by atoms with van der Waals surface area (Å²) in [4.78, 5) is 6.62. The normalized spacial score (nSPS) is 9.62. The monoisotopic (exact) mass is 107 g/mol. The first kappa shape index (κ1) is 6.57. The zero-order valence-corrected chi connectivity index (χ0v) is 4.33. The number of aliphatic imine (C=N–C) groups is 2. The second-order valence-electron chi connectivity index (χ2n) is 0.967. The maximum absolute atomic E-state index is 8.12. The molecule has 0 aromatic heterocycles. The van der Waals surface area contributed by atoms with Crippen LogP contribution in [0.3, 0.4) is 0 Å². The van der Waals surface area contributed by atoms with Gasteiger partial charge in [-0.15, -0.1) is 0 Å². The van der Waals surface area contributed by atoms with Gasteiger partial charge in [0.2, 0.25) is 0 Å². The molecule has 8 heavy (non-hydrogen) atoms. The Morgan fingerprint density at radius 1 is 1.62 bits per heavy atom. The van der Waals surface area contributed by atoms with Gasteiger partial charge in [-0.05, 0) is 13.4 Å². The van der Waals surface area contributed by atoms with Crippen molar-refractivity contribution in [3.63, 3.8) is 0 Å². The lowest BCUT2D eigenvalue weighted by Crippen LogP contribution is -1.65. The number of nitrogens with zero attached hydrogens (tertiary/aromatic N) is 3. The third kappa shape index (κ3) is 1.88. The third-order valence-corrected chi connectivity index (χ3v) is 0.498. The van der Waals surface area contributed by atoms with E-state index in [0.29, 0.717) is 0 Å². The number of allylic oxidation sites excluding steroid dienone is 1. The van der Waals surface area contributed by atoms with E-state index in [2.05, 4.69) is 23.4 Å². The van der Waals surface area contributed by atoms with Crippen LogP contribution >= 0.6 is 0 Å². The molecule has 0 unspecified atom stereocenters. The minimum absolute atomic E-state index is 0.181. The molecule has 0 spiro atoms. The number of hydrogen-bond acceptors (Lipinski definition) is 3. The maximum atomic E-state index is 8.12. The van der Waals surface area contributed by atoms with Crippen LogP contribution in [0, 0.1) is 11.3 Å². The van der Waals surface area contributed by atoms with Crippen LogP contribution in [0.5, 0.6) is 0 Å². The Morgan fingerprint density at radius 2 is 2.25 bits per heavy atom. The Balaban J connectivity index is 4.12. The van der Waals surface area contributed by atoms with E-state index in [1.54, 1.807) is 6.07 Å². The molecule has 3 heteroatoms. The molecule has 0 saturated carbocycles. The largest absolute Gasteiger partial charge is 0.269 e. The molecule has 0 heterocycles. The van der Waals surface area contributed by atoms with Crippen molar-refractivity contribution >= 4 is 13.4 Å². The Kier molecular flexibility index (Phi) is 3.08. The first-order chi connectivity index (χ1) is 3.85. The summed E-state index contributed by atoms with van der Waals surface area (Å²) < 4.78 is 0. The van der Waals surface area contributed by atoms with Gasteiger partial charge in [-0.3, -0.25) is 9.98 Å². The molecule has 0 amide bonds. The quantitative estimate of drug-likeness (QED) is 0.379. The molecular formula is C5H5N3. The summed E-state index contributed by atoms with van der Waals surface area (Å²) in [7, 11) is 0. The van der Waals surface area contributed by atoms with E-state index >= 15 is 0 Å². The van der Waals surface area contributed by atoms with Crippen molar-refractivity contribution in [1.82, 2.24) is 0 Å². The van der Waals surface area contributed by atoms with Gasteiger partial charge in [0.25, 0.3) is 0 Å². The molecule has 0 atom stereocenters. The molecule has 0 N–H and O–H groups in total. The molecule has 0 aromatic rings. The summed E-state index contributed by atoms with van der Waals surface area (Å²) in [5, 5.41) is 8.12. The van der Waals surface area contributed by atoms with Crippen LogP contribution in [-0.4, -0.2) is 13.4 Å². The summed E-state index contributed by atoms with van der Waals surface area (Å²) in [6, 6.07) is 1.75. The van der Waals surface area contributed by atoms with E-state index in [9.17, 15) is 0 Å². The highest BCUT2D eigenvalue weighted by Gasteiger charge is 1.81. The summed E-state index contributed by atoms with van der Waals surface area (Å²) in [5.41, 5.74) is 0.181. The van der Waals surface area contributed by atoms with E-state index in [1.807, 2.05) is 0 Å². The molecule has 0 aliphatic carbocycles. The molecule has 3 nitrogen and oxygen atoms in total. The Labute approximate surface area is 47.7 Å². The van der Waals surface area contributed by atoms with Gasteiger partial charge < -0.3 is 0 Å². The average molecular weight is 107 g/mol. The smallest absolute Gasteiger partial charge is 0.158 e. The summed E-state index contributed by atoms with van der Waals surface area (Å²) >= 11 is 0. The Bertz CT molecular complexity index is 161. The fourth-order valence-electron chi connectivity index (χ4n) is 0.192. The Hall–Kier alpha value is -1.43. The van der Waals surface area contributed by atoms with E-state index < -0.39 is 0 Å². The van der Waals surface area contributed by atoms with Gasteiger partial charge in [-0.1, -0.05) is 0 Å². The molecular weight excluding hydrogens is 102 g/mol. The molecule has 0 bridgehead atoms. The second-order valence-corrected chi connectivity index (χ2v) is 0.967. The minimum atomic E-state index is 0.181. The zero-order chi connectivity index (χ0) is 6.41. The second kappa shape index (κ2) is 3.75. The SMILES string of the molecule is C=N/C=C(/C#N)N=C. The van der Waals surface area contributed by atoms with Crippen LogP contribution in [0.1, 0.15) is 0 Å². The lowest BCUT2D eigenvalue weighted by Gasteiger charge is -1.76. The predicted molar refractivity (Wildman–Crippen MR) is 32.8 cm³/mol. The van der Waals surface area contributed by atoms with Gasteiger partial charge in [0.1, 0.15) is 6.07 Å². The van der Waals surface area contributed by atoms with E-state index in [0.717, 1.165) is 0 Å². The van der Waals surface area contributed by atoms with E-state index in [1.165, 1.54) is 6.20 Å². The number of hydrogen-bond donors (Lipinski definition) is 0. The zero-order valence-electron chi connectivity index (χ0n) is 4.33. The van der Waals surface area contributed by atoms with Gasteiger partial charge in [0.05, 0.1) is 6.20 Å². The Morgan fingerprint density at radius 3 is 2.38 bits per heavy atom. The fourth-order valence-corrected chi connectivity index (χ4v) is 0.192. The highest BCUT2D eigenvalue weighted by atomic mass is 14.8. The van der Waals surface area contributed by atoms with Crippen molar-refractivity contribution in [3.8, 4) is 6.07 Å². The number of rotatable bonds is 2. The predicted octanol–water partition coefficient (Wildman–Crippen LogP) is 0.753. The van der Waals surface area contributed by atoms with Gasteiger partial charge in [0, 0.05) is 0 Å². The van der Waals surface area contributed by atoms with Gasteiger partial charge in [0.15, 0.2) is 5.70 Å². The van der Waals surface area contributed by atoms with Crippen molar-refractivity contribution in [2.75, 3.05) is 0 Å². The average Bonchev–Trinajstić information content (AvgIpc) is 1.83. The first-order valence-electron chi connectivity index (χ1n) is 1.88. The lowest BCUT2D eigenvalue weighted by molar-refractivity contribution is 1.36. The van der Waals surface area contributed by atoms with Crippen LogP contribution in [0.25, 0.3) is 0 Å². The highest BCUT2D eigenvalue weighted by molar-refractivity contribution is 5.36. The summed E-state index contributed by atoms with van der Waals surface area (Å²) in [5.74, 6) is 0. The summed E-state index contributed by atoms with van der Waals surface area (Å²) in [6.45, 7) is 6.25. The highest BCUT2D eigenvalue weighted by Crippen LogP contribution is 1.89. The standard InChI is InChI=1S/C5H5N3/c1-7-4-5(3-6)8-2/h4H,1-2H2/b5-4-. The molecule has 0 aliphatic rings. The van der Waals surface area contributed by atoms with Crippen LogP contribution in [0.15, 0.2) is 21.9 Å². The van der Waals surface area contributed by atoms with E-state index in [-0.39, 0.29) is 5.70 Å². The van der Waals surface area contributed by atoms with Gasteiger partial charge in [-0.2, -0.15) is 5.26 Å². The van der Waals surface area contributed by atoms with Crippen molar-refractivity contribution in [2.24, 2.45) is 9.98 Å². The molecule has 0 saturated heterocycles. The molecule has 0 aromatic carbocycles. The lowest BCUT2D eigenvalue weighted by atomic mass is 10.5. The topological polar surface area (TPSA) is 48.5 Å². The molecule has 0 radical (unpaired) electrons. The van der Waals surface area contributed by atoms with Crippen LogP contribution < -0.4 is 0 Å². The van der Waals surface area contributed by atoms with Crippen LogP contribution in [0.4, 0.5) is 0 Å². The van der Waals surface area contributed by atoms with E-state index in [4.69, 9.17) is 5.26 Å². The van der Waals surface area contributed by atoms with Crippen molar-refractivity contribution in [1.29, 1.82) is 5.26 Å². The number of nitriles is 1. The third-order valence-electron chi connectivity index (χ3n) is 0.498. The first-order valence-corrected chi connectivity index (χ1v) is 1.88. The van der Waals surface area contributed by atoms with Crippen LogP contribution in [-0.2, 0) is 0 Å². The molecule has 0 rings (SSSR count). The summed E-state index contributed by atoms with van der Waals surface area (Å²) in [6.07, 6.45) is 1.24. The molecule has 0 fully saturated rings. The van der Waals surface area contributed by atoms with Crippen LogP contribution in [0.2, 0.25) is 0 Å².